The van der Waals surface area contributed by atoms with E-state index < -0.39 is 0 Å². The predicted octanol–water partition coefficient (Wildman–Crippen LogP) is 3.31. The Labute approximate surface area is 90.1 Å². The third-order valence-electron chi connectivity index (χ3n) is 1.57. The molecule has 0 atom stereocenters. The van der Waals surface area contributed by atoms with Gasteiger partial charge in [0.1, 0.15) is 0 Å². The molecule has 3 heteroatoms. The van der Waals surface area contributed by atoms with Gasteiger partial charge in [-0.05, 0) is 30.9 Å². The van der Waals surface area contributed by atoms with Gasteiger partial charge >= 0.3 is 0 Å². The number of hydrogen-bond acceptors (Lipinski definition) is 2. The number of nitrogens with one attached hydrogen (secondary N) is 1. The molecule has 78 valence electrons. The minimum Gasteiger partial charge on any atom is -0.328 e. The molecule has 0 unspecified atom stereocenters. The SMILES string of the molecule is CC.CSc1cc(C)ccc1NC=O. The normalized spacial score (nSPS) is 8.57. The molecule has 0 saturated carbocycles. The van der Waals surface area contributed by atoms with Gasteiger partial charge in [-0.15, -0.1) is 11.8 Å². The van der Waals surface area contributed by atoms with Gasteiger partial charge in [0.15, 0.2) is 0 Å². The number of rotatable bonds is 3. The number of thioether (sulfide) groups is 1. The summed E-state index contributed by atoms with van der Waals surface area (Å²) in [5.41, 5.74) is 2.08. The second-order valence-electron chi connectivity index (χ2n) is 2.47. The second-order valence-corrected chi connectivity index (χ2v) is 3.31. The number of hydrogen-bond donors (Lipinski definition) is 1. The van der Waals surface area contributed by atoms with Crippen LogP contribution in [0.1, 0.15) is 19.4 Å². The lowest BCUT2D eigenvalue weighted by Gasteiger charge is -2.05. The fraction of sp³-hybridized carbons (Fsp3) is 0.364. The maximum Gasteiger partial charge on any atom is 0.211 e. The Kier molecular flexibility index (Phi) is 6.93. The van der Waals surface area contributed by atoms with Gasteiger partial charge in [-0.3, -0.25) is 4.79 Å². The van der Waals surface area contributed by atoms with E-state index in [2.05, 4.69) is 11.4 Å². The smallest absolute Gasteiger partial charge is 0.211 e. The van der Waals surface area contributed by atoms with E-state index in [9.17, 15) is 4.79 Å². The summed E-state index contributed by atoms with van der Waals surface area (Å²) in [6.07, 6.45) is 2.69. The zero-order valence-corrected chi connectivity index (χ0v) is 9.94. The molecule has 0 aliphatic heterocycles. The quantitative estimate of drug-likeness (QED) is 0.614. The topological polar surface area (TPSA) is 29.1 Å². The van der Waals surface area contributed by atoms with E-state index in [0.717, 1.165) is 10.6 Å². The number of amides is 1. The zero-order chi connectivity index (χ0) is 11.0. The molecule has 0 heterocycles. The molecule has 0 radical (unpaired) electrons. The monoisotopic (exact) mass is 211 g/mol. The largest absolute Gasteiger partial charge is 0.328 e. The molecule has 1 N–H and O–H groups in total. The molecule has 1 amide bonds. The first-order chi connectivity index (χ1) is 6.77. The highest BCUT2D eigenvalue weighted by Gasteiger charge is 1.99. The molecule has 0 aromatic heterocycles. The fourth-order valence-corrected chi connectivity index (χ4v) is 1.63. The molecule has 1 aromatic rings. The number of aryl methyl sites for hydroxylation is 1. The van der Waals surface area contributed by atoms with Crippen LogP contribution in [-0.4, -0.2) is 12.7 Å². The van der Waals surface area contributed by atoms with Gasteiger partial charge in [-0.2, -0.15) is 0 Å². The van der Waals surface area contributed by atoms with E-state index in [-0.39, 0.29) is 0 Å². The molecule has 0 fully saturated rings. The van der Waals surface area contributed by atoms with Crippen molar-refractivity contribution in [2.45, 2.75) is 25.7 Å². The van der Waals surface area contributed by atoms with Crippen molar-refractivity contribution in [2.24, 2.45) is 0 Å². The summed E-state index contributed by atoms with van der Waals surface area (Å²) in [6.45, 7) is 6.03. The number of carbonyl (C=O) groups excluding carboxylic acids is 1. The number of anilines is 1. The van der Waals surface area contributed by atoms with Crippen LogP contribution in [0.2, 0.25) is 0 Å². The van der Waals surface area contributed by atoms with Gasteiger partial charge in [0.25, 0.3) is 0 Å². The van der Waals surface area contributed by atoms with E-state index in [1.165, 1.54) is 5.56 Å². The van der Waals surface area contributed by atoms with Crippen molar-refractivity contribution >= 4 is 23.9 Å². The number of carbonyl (C=O) groups is 1. The van der Waals surface area contributed by atoms with Gasteiger partial charge in [0.05, 0.1) is 5.69 Å². The van der Waals surface area contributed by atoms with Crippen LogP contribution in [0, 0.1) is 6.92 Å². The van der Waals surface area contributed by atoms with Crippen LogP contribution in [0.4, 0.5) is 5.69 Å². The van der Waals surface area contributed by atoms with Crippen LogP contribution in [0.3, 0.4) is 0 Å². The zero-order valence-electron chi connectivity index (χ0n) is 9.13. The molecule has 0 saturated heterocycles. The minimum absolute atomic E-state index is 0.699. The lowest BCUT2D eigenvalue weighted by atomic mass is 10.2. The maximum absolute atomic E-state index is 10.2. The van der Waals surface area contributed by atoms with Gasteiger partial charge < -0.3 is 5.32 Å². The summed E-state index contributed by atoms with van der Waals surface area (Å²) in [5.74, 6) is 0. The second kappa shape index (κ2) is 7.44. The third kappa shape index (κ3) is 3.83. The van der Waals surface area contributed by atoms with Gasteiger partial charge in [-0.1, -0.05) is 19.9 Å². The molecule has 0 aliphatic carbocycles. The van der Waals surface area contributed by atoms with Gasteiger partial charge in [-0.25, -0.2) is 0 Å². The summed E-state index contributed by atoms with van der Waals surface area (Å²) in [7, 11) is 0. The lowest BCUT2D eigenvalue weighted by molar-refractivity contribution is -0.105. The lowest BCUT2D eigenvalue weighted by Crippen LogP contribution is -1.95. The molecule has 14 heavy (non-hydrogen) atoms. The summed E-state index contributed by atoms with van der Waals surface area (Å²) < 4.78 is 0. The molecular formula is C11H17NOS. The summed E-state index contributed by atoms with van der Waals surface area (Å²) in [4.78, 5) is 11.3. The average molecular weight is 211 g/mol. The van der Waals surface area contributed by atoms with E-state index in [1.807, 2.05) is 39.2 Å². The van der Waals surface area contributed by atoms with Gasteiger partial charge in [0, 0.05) is 4.90 Å². The molecule has 2 nitrogen and oxygen atoms in total. The first-order valence-electron chi connectivity index (χ1n) is 4.62. The van der Waals surface area contributed by atoms with Crippen LogP contribution in [0.5, 0.6) is 0 Å². The van der Waals surface area contributed by atoms with Crippen molar-refractivity contribution in [3.63, 3.8) is 0 Å². The van der Waals surface area contributed by atoms with Crippen LogP contribution < -0.4 is 5.32 Å². The van der Waals surface area contributed by atoms with E-state index in [4.69, 9.17) is 0 Å². The molecule has 0 bridgehead atoms. The summed E-state index contributed by atoms with van der Waals surface area (Å²) in [5, 5.41) is 2.65. The number of benzene rings is 1. The highest BCUT2D eigenvalue weighted by Crippen LogP contribution is 2.25. The Morgan fingerprint density at radius 1 is 1.36 bits per heavy atom. The Morgan fingerprint density at radius 3 is 2.50 bits per heavy atom. The maximum atomic E-state index is 10.2. The van der Waals surface area contributed by atoms with Crippen LogP contribution in [0.25, 0.3) is 0 Å². The molecule has 0 aliphatic rings. The summed E-state index contributed by atoms with van der Waals surface area (Å²) in [6, 6.07) is 5.94. The first-order valence-corrected chi connectivity index (χ1v) is 5.85. The predicted molar refractivity (Wildman–Crippen MR) is 64.0 cm³/mol. The molecule has 1 aromatic carbocycles. The highest BCUT2D eigenvalue weighted by molar-refractivity contribution is 7.98. The van der Waals surface area contributed by atoms with Crippen LogP contribution >= 0.6 is 11.8 Å². The van der Waals surface area contributed by atoms with Crippen LogP contribution in [-0.2, 0) is 4.79 Å². The third-order valence-corrected chi connectivity index (χ3v) is 2.35. The van der Waals surface area contributed by atoms with Crippen molar-refractivity contribution in [1.82, 2.24) is 0 Å². The minimum atomic E-state index is 0.699. The average Bonchev–Trinajstić information content (AvgIpc) is 2.24. The van der Waals surface area contributed by atoms with E-state index in [0.29, 0.717) is 6.41 Å². The Bertz CT molecular complexity index is 287. The Morgan fingerprint density at radius 2 is 2.00 bits per heavy atom. The van der Waals surface area contributed by atoms with Crippen molar-refractivity contribution < 1.29 is 4.79 Å². The van der Waals surface area contributed by atoms with Crippen molar-refractivity contribution in [2.75, 3.05) is 11.6 Å². The highest BCUT2D eigenvalue weighted by atomic mass is 32.2. The fourth-order valence-electron chi connectivity index (χ4n) is 0.981. The molecule has 1 rings (SSSR count). The first kappa shape index (κ1) is 13.0. The molecule has 0 spiro atoms. The summed E-state index contributed by atoms with van der Waals surface area (Å²) >= 11 is 1.63. The van der Waals surface area contributed by atoms with Crippen molar-refractivity contribution in [1.29, 1.82) is 0 Å². The van der Waals surface area contributed by atoms with Crippen molar-refractivity contribution in [3.8, 4) is 0 Å². The van der Waals surface area contributed by atoms with E-state index in [1.54, 1.807) is 11.8 Å². The standard InChI is InChI=1S/C9H11NOS.C2H6/c1-7-3-4-8(10-6-11)9(5-7)12-2;1-2/h3-6H,1-2H3,(H,10,11);1-2H3. The molecular weight excluding hydrogens is 194 g/mol. The van der Waals surface area contributed by atoms with Crippen LogP contribution in [0.15, 0.2) is 23.1 Å². The Balaban J connectivity index is 0.000000791. The van der Waals surface area contributed by atoms with Gasteiger partial charge in [0.2, 0.25) is 6.41 Å². The van der Waals surface area contributed by atoms with E-state index >= 15 is 0 Å². The Hall–Kier alpha value is -0.960. The van der Waals surface area contributed by atoms with Crippen molar-refractivity contribution in [3.05, 3.63) is 23.8 Å².